The van der Waals surface area contributed by atoms with E-state index in [1.807, 2.05) is 6.92 Å². The molecule has 23 heavy (non-hydrogen) atoms. The molecular weight excluding hydrogens is 288 g/mol. The minimum atomic E-state index is -0.865. The lowest BCUT2D eigenvalue weighted by Gasteiger charge is -2.59. The summed E-state index contributed by atoms with van der Waals surface area (Å²) >= 11 is 0. The second-order valence-corrected chi connectivity index (χ2v) is 8.55. The first-order chi connectivity index (χ1) is 10.6. The molecule has 0 spiro atoms. The number of carbonyl (C=O) groups is 1. The first kappa shape index (κ1) is 18.3. The van der Waals surface area contributed by atoms with Gasteiger partial charge < -0.3 is 10.2 Å². The Morgan fingerprint density at radius 1 is 1.35 bits per heavy atom. The Morgan fingerprint density at radius 2 is 2.00 bits per heavy atom. The smallest absolute Gasteiger partial charge is 0.328 e. The van der Waals surface area contributed by atoms with Crippen LogP contribution < -0.4 is 0 Å². The van der Waals surface area contributed by atoms with E-state index in [1.165, 1.54) is 11.6 Å². The summed E-state index contributed by atoms with van der Waals surface area (Å²) in [6.07, 6.45) is 6.90. The van der Waals surface area contributed by atoms with Crippen LogP contribution in [0.3, 0.4) is 0 Å². The Balaban J connectivity index is 2.21. The van der Waals surface area contributed by atoms with Crippen LogP contribution in [-0.4, -0.2) is 22.3 Å². The average molecular weight is 320 g/mol. The van der Waals surface area contributed by atoms with Crippen molar-refractivity contribution >= 4 is 5.97 Å². The van der Waals surface area contributed by atoms with E-state index in [0.29, 0.717) is 11.8 Å². The van der Waals surface area contributed by atoms with Crippen molar-refractivity contribution in [2.45, 2.75) is 72.3 Å². The summed E-state index contributed by atoms with van der Waals surface area (Å²) < 4.78 is 0. The van der Waals surface area contributed by atoms with Gasteiger partial charge in [0.25, 0.3) is 0 Å². The van der Waals surface area contributed by atoms with E-state index in [4.69, 9.17) is 5.11 Å². The molecule has 2 saturated carbocycles. The molecule has 0 heterocycles. The topological polar surface area (TPSA) is 57.5 Å². The number of aliphatic hydroxyl groups excluding tert-OH is 1. The third-order valence-corrected chi connectivity index (χ3v) is 6.75. The van der Waals surface area contributed by atoms with E-state index in [0.717, 1.165) is 44.1 Å². The molecule has 0 radical (unpaired) electrons. The van der Waals surface area contributed by atoms with E-state index in [-0.39, 0.29) is 16.9 Å². The van der Waals surface area contributed by atoms with Gasteiger partial charge in [-0.05, 0) is 68.1 Å². The van der Waals surface area contributed by atoms with Crippen molar-refractivity contribution in [3.05, 3.63) is 23.8 Å². The van der Waals surface area contributed by atoms with Crippen LogP contribution in [0.15, 0.2) is 23.8 Å². The predicted octanol–water partition coefficient (Wildman–Crippen LogP) is 4.57. The molecule has 0 aromatic rings. The van der Waals surface area contributed by atoms with Gasteiger partial charge in [0.05, 0.1) is 6.10 Å². The molecule has 0 amide bonds. The Morgan fingerprint density at radius 3 is 2.61 bits per heavy atom. The predicted molar refractivity (Wildman–Crippen MR) is 93.1 cm³/mol. The van der Waals surface area contributed by atoms with Crippen LogP contribution in [0.2, 0.25) is 0 Å². The molecule has 2 aliphatic carbocycles. The number of hydrogen-bond donors (Lipinski definition) is 2. The second-order valence-electron chi connectivity index (χ2n) is 8.55. The monoisotopic (exact) mass is 320 g/mol. The summed E-state index contributed by atoms with van der Waals surface area (Å²) in [6.45, 7) is 13.0. The molecular formula is C20H32O3. The van der Waals surface area contributed by atoms with Gasteiger partial charge in [-0.15, -0.1) is 0 Å². The lowest BCUT2D eigenvalue weighted by atomic mass is 9.46. The summed E-state index contributed by atoms with van der Waals surface area (Å²) in [4.78, 5) is 10.8. The van der Waals surface area contributed by atoms with E-state index in [2.05, 4.69) is 27.4 Å². The summed E-state index contributed by atoms with van der Waals surface area (Å²) in [7, 11) is 0. The summed E-state index contributed by atoms with van der Waals surface area (Å²) in [5.74, 6) is 0.0548. The number of rotatable bonds is 4. The zero-order chi connectivity index (χ0) is 17.4. The van der Waals surface area contributed by atoms with E-state index in [9.17, 15) is 9.90 Å². The summed E-state index contributed by atoms with van der Waals surface area (Å²) in [6, 6.07) is 0. The molecule has 3 nitrogen and oxygen atoms in total. The number of allylic oxidation sites excluding steroid dienone is 2. The molecule has 3 heteroatoms. The molecule has 0 aromatic carbocycles. The van der Waals surface area contributed by atoms with Crippen LogP contribution in [0, 0.1) is 22.7 Å². The highest BCUT2D eigenvalue weighted by molar-refractivity contribution is 5.80. The maximum absolute atomic E-state index is 10.8. The fourth-order valence-corrected chi connectivity index (χ4v) is 5.35. The number of aliphatic hydroxyl groups is 1. The van der Waals surface area contributed by atoms with Crippen LogP contribution in [0.5, 0.6) is 0 Å². The van der Waals surface area contributed by atoms with Gasteiger partial charge in [0, 0.05) is 6.08 Å². The lowest BCUT2D eigenvalue weighted by molar-refractivity contribution is -0.131. The highest BCUT2D eigenvalue weighted by Gasteiger charge is 2.55. The third-order valence-electron chi connectivity index (χ3n) is 6.75. The lowest BCUT2D eigenvalue weighted by Crippen LogP contribution is -2.54. The number of carboxylic acids is 1. The maximum atomic E-state index is 10.8. The van der Waals surface area contributed by atoms with E-state index in [1.54, 1.807) is 0 Å². The molecule has 0 bridgehead atoms. The van der Waals surface area contributed by atoms with Crippen molar-refractivity contribution in [1.29, 1.82) is 0 Å². The number of fused-ring (bicyclic) bond motifs is 1. The van der Waals surface area contributed by atoms with Crippen molar-refractivity contribution < 1.29 is 15.0 Å². The standard InChI is InChI=1S/C20H32O3/c1-13(12-18(22)23)6-8-15-14(2)7-9-16-19(3,4)17(21)10-11-20(15,16)5/h12,15-17,21H,2,6-11H2,1,3-5H3,(H,22,23)/b13-12-/t15-,16-,17-,20-/m1/s1. The summed E-state index contributed by atoms with van der Waals surface area (Å²) in [5.41, 5.74) is 2.35. The van der Waals surface area contributed by atoms with Crippen LogP contribution in [0.25, 0.3) is 0 Å². The highest BCUT2D eigenvalue weighted by Crippen LogP contribution is 2.61. The van der Waals surface area contributed by atoms with Gasteiger partial charge >= 0.3 is 5.97 Å². The zero-order valence-corrected chi connectivity index (χ0v) is 15.1. The van der Waals surface area contributed by atoms with Crippen LogP contribution in [0.1, 0.15) is 66.2 Å². The Bertz CT molecular complexity index is 517. The van der Waals surface area contributed by atoms with Crippen molar-refractivity contribution in [3.63, 3.8) is 0 Å². The van der Waals surface area contributed by atoms with Crippen LogP contribution in [-0.2, 0) is 4.79 Å². The van der Waals surface area contributed by atoms with Crippen molar-refractivity contribution in [2.24, 2.45) is 22.7 Å². The maximum Gasteiger partial charge on any atom is 0.328 e. The minimum absolute atomic E-state index is 0.0576. The van der Waals surface area contributed by atoms with Crippen molar-refractivity contribution in [3.8, 4) is 0 Å². The van der Waals surface area contributed by atoms with Crippen molar-refractivity contribution in [2.75, 3.05) is 0 Å². The van der Waals surface area contributed by atoms with E-state index >= 15 is 0 Å². The molecule has 0 aromatic heterocycles. The second kappa shape index (κ2) is 6.43. The first-order valence-electron chi connectivity index (χ1n) is 8.85. The molecule has 4 atom stereocenters. The molecule has 0 saturated heterocycles. The quantitative estimate of drug-likeness (QED) is 0.589. The molecule has 0 aliphatic heterocycles. The third kappa shape index (κ3) is 3.40. The van der Waals surface area contributed by atoms with Crippen LogP contribution in [0.4, 0.5) is 0 Å². The van der Waals surface area contributed by atoms with Gasteiger partial charge in [-0.25, -0.2) is 4.79 Å². The van der Waals surface area contributed by atoms with Gasteiger partial charge in [-0.1, -0.05) is 38.5 Å². The Hall–Kier alpha value is -1.09. The molecule has 0 unspecified atom stereocenters. The van der Waals surface area contributed by atoms with Gasteiger partial charge in [-0.2, -0.15) is 0 Å². The van der Waals surface area contributed by atoms with Gasteiger partial charge in [0.1, 0.15) is 0 Å². The molecule has 2 fully saturated rings. The highest BCUT2D eigenvalue weighted by atomic mass is 16.4. The fourth-order valence-electron chi connectivity index (χ4n) is 5.35. The summed E-state index contributed by atoms with van der Waals surface area (Å²) in [5, 5.41) is 19.3. The number of hydrogen-bond acceptors (Lipinski definition) is 2. The molecule has 130 valence electrons. The fraction of sp³-hybridized carbons (Fsp3) is 0.750. The van der Waals surface area contributed by atoms with E-state index < -0.39 is 5.97 Å². The minimum Gasteiger partial charge on any atom is -0.478 e. The Labute approximate surface area is 140 Å². The first-order valence-corrected chi connectivity index (χ1v) is 8.85. The number of carboxylic acid groups (broad SMARTS) is 1. The normalized spacial score (nSPS) is 37.3. The van der Waals surface area contributed by atoms with Crippen molar-refractivity contribution in [1.82, 2.24) is 0 Å². The number of aliphatic carboxylic acids is 1. The zero-order valence-electron chi connectivity index (χ0n) is 15.1. The Kier molecular flexibility index (Phi) is 5.10. The van der Waals surface area contributed by atoms with Gasteiger partial charge in [0.15, 0.2) is 0 Å². The molecule has 2 rings (SSSR count). The molecule has 2 aliphatic rings. The molecule has 2 N–H and O–H groups in total. The van der Waals surface area contributed by atoms with Gasteiger partial charge in [-0.3, -0.25) is 0 Å². The average Bonchev–Trinajstić information content (AvgIpc) is 2.42. The largest absolute Gasteiger partial charge is 0.478 e. The van der Waals surface area contributed by atoms with Crippen LogP contribution >= 0.6 is 0 Å². The van der Waals surface area contributed by atoms with Gasteiger partial charge in [0.2, 0.25) is 0 Å². The SMILES string of the molecule is C=C1CC[C@@H]2C(C)(C)[C@H](O)CC[C@]2(C)[C@@H]1CC/C(C)=C\C(=O)O.